The van der Waals surface area contributed by atoms with Gasteiger partial charge in [-0.1, -0.05) is 47.9 Å². The van der Waals surface area contributed by atoms with Crippen LogP contribution in [0.3, 0.4) is 0 Å². The van der Waals surface area contributed by atoms with Gasteiger partial charge in [-0.3, -0.25) is 4.79 Å². The van der Waals surface area contributed by atoms with Crippen molar-refractivity contribution in [2.24, 2.45) is 0 Å². The third-order valence-corrected chi connectivity index (χ3v) is 5.28. The molecule has 144 valence electrons. The van der Waals surface area contributed by atoms with Gasteiger partial charge in [0.2, 0.25) is 17.6 Å². The summed E-state index contributed by atoms with van der Waals surface area (Å²) < 4.78 is 10.6. The summed E-state index contributed by atoms with van der Waals surface area (Å²) in [5.74, 6) is 1.44. The second kappa shape index (κ2) is 7.64. The Bertz CT molecular complexity index is 1000. The van der Waals surface area contributed by atoms with Crippen LogP contribution >= 0.6 is 11.6 Å². The van der Waals surface area contributed by atoms with Crippen molar-refractivity contribution in [1.82, 2.24) is 10.1 Å². The molecular weight excluding hydrogens is 378 g/mol. The van der Waals surface area contributed by atoms with Crippen molar-refractivity contribution in [3.63, 3.8) is 0 Å². The van der Waals surface area contributed by atoms with E-state index in [2.05, 4.69) is 29.2 Å². The molecule has 0 spiro atoms. The van der Waals surface area contributed by atoms with E-state index in [1.807, 2.05) is 18.2 Å². The lowest BCUT2D eigenvalue weighted by Crippen LogP contribution is -2.24. The number of benzene rings is 2. The predicted octanol–water partition coefficient (Wildman–Crippen LogP) is 4.48. The second-order valence-corrected chi connectivity index (χ2v) is 7.14. The van der Waals surface area contributed by atoms with Crippen molar-refractivity contribution >= 4 is 23.2 Å². The lowest BCUT2D eigenvalue weighted by Gasteiger charge is -2.17. The Labute approximate surface area is 168 Å². The number of hydrogen-bond acceptors (Lipinski definition) is 5. The summed E-state index contributed by atoms with van der Waals surface area (Å²) >= 11 is 6.20. The quantitative estimate of drug-likeness (QED) is 0.634. The first-order chi connectivity index (χ1) is 13.6. The molecule has 7 heteroatoms. The number of carbonyl (C=O) groups is 1. The van der Waals surface area contributed by atoms with Crippen LogP contribution in [0.5, 0.6) is 5.75 Å². The zero-order valence-corrected chi connectivity index (χ0v) is 16.4. The minimum atomic E-state index is -0.149. The molecule has 0 aliphatic carbocycles. The highest BCUT2D eigenvalue weighted by atomic mass is 35.5. The average Bonchev–Trinajstić information content (AvgIpc) is 3.35. The third-order valence-electron chi connectivity index (χ3n) is 4.98. The van der Waals surface area contributed by atoms with E-state index in [0.29, 0.717) is 35.5 Å². The van der Waals surface area contributed by atoms with Crippen LogP contribution in [0.1, 0.15) is 30.7 Å². The summed E-state index contributed by atoms with van der Waals surface area (Å²) in [6, 6.07) is 13.4. The Morgan fingerprint density at radius 3 is 2.71 bits per heavy atom. The molecule has 0 saturated carbocycles. The molecule has 1 saturated heterocycles. The number of amides is 1. The van der Waals surface area contributed by atoms with E-state index in [0.717, 1.165) is 17.7 Å². The van der Waals surface area contributed by atoms with E-state index in [9.17, 15) is 4.79 Å². The number of halogens is 1. The van der Waals surface area contributed by atoms with Gasteiger partial charge in [0.15, 0.2) is 0 Å². The van der Waals surface area contributed by atoms with Gasteiger partial charge in [-0.2, -0.15) is 4.98 Å². The van der Waals surface area contributed by atoms with E-state index in [1.54, 1.807) is 24.1 Å². The number of ether oxygens (including phenoxy) is 1. The van der Waals surface area contributed by atoms with Crippen molar-refractivity contribution in [2.45, 2.75) is 25.7 Å². The van der Waals surface area contributed by atoms with Crippen LogP contribution in [0.25, 0.3) is 11.4 Å². The van der Waals surface area contributed by atoms with Gasteiger partial charge < -0.3 is 14.2 Å². The van der Waals surface area contributed by atoms with Gasteiger partial charge in [0.25, 0.3) is 0 Å². The molecule has 28 heavy (non-hydrogen) atoms. The van der Waals surface area contributed by atoms with Crippen molar-refractivity contribution < 1.29 is 14.1 Å². The molecule has 1 aliphatic rings. The van der Waals surface area contributed by atoms with Crippen LogP contribution < -0.4 is 9.64 Å². The van der Waals surface area contributed by atoms with Crippen molar-refractivity contribution in [2.75, 3.05) is 18.6 Å². The fourth-order valence-corrected chi connectivity index (χ4v) is 3.61. The molecule has 4 rings (SSSR count). The van der Waals surface area contributed by atoms with Gasteiger partial charge in [-0.25, -0.2) is 0 Å². The summed E-state index contributed by atoms with van der Waals surface area (Å²) in [7, 11) is 1.56. The molecule has 1 amide bonds. The number of aromatic nitrogens is 2. The summed E-state index contributed by atoms with van der Waals surface area (Å²) in [6.45, 7) is 2.58. The predicted molar refractivity (Wildman–Crippen MR) is 107 cm³/mol. The van der Waals surface area contributed by atoms with Crippen LogP contribution in [-0.4, -0.2) is 29.7 Å². The highest BCUT2D eigenvalue weighted by Crippen LogP contribution is 2.35. The molecule has 2 heterocycles. The van der Waals surface area contributed by atoms with E-state index in [4.69, 9.17) is 20.9 Å². The molecule has 1 aliphatic heterocycles. The molecule has 6 nitrogen and oxygen atoms in total. The maximum Gasteiger partial charge on any atom is 0.232 e. The molecule has 1 aromatic heterocycles. The Balaban J connectivity index is 1.52. The standard InChI is InChI=1S/C21H20ClN3O3/c1-3-13-4-6-14(7-5-13)20-23-21(28-24-20)15-10-19(26)25(12-15)16-8-9-18(27-2)17(22)11-16/h4-9,11,15H,3,10,12H2,1-2H3. The first-order valence-corrected chi connectivity index (χ1v) is 9.53. The molecule has 0 bridgehead atoms. The van der Waals surface area contributed by atoms with Crippen LogP contribution in [0.2, 0.25) is 5.02 Å². The van der Waals surface area contributed by atoms with E-state index >= 15 is 0 Å². The van der Waals surface area contributed by atoms with Crippen LogP contribution in [0.15, 0.2) is 47.0 Å². The first-order valence-electron chi connectivity index (χ1n) is 9.16. The van der Waals surface area contributed by atoms with Crippen LogP contribution in [0.4, 0.5) is 5.69 Å². The molecule has 0 radical (unpaired) electrons. The minimum absolute atomic E-state index is 0.00159. The van der Waals surface area contributed by atoms with Crippen molar-refractivity contribution in [1.29, 1.82) is 0 Å². The number of rotatable bonds is 5. The van der Waals surface area contributed by atoms with Gasteiger partial charge in [0, 0.05) is 24.2 Å². The third kappa shape index (κ3) is 3.47. The van der Waals surface area contributed by atoms with E-state index < -0.39 is 0 Å². The maximum absolute atomic E-state index is 12.5. The molecule has 1 unspecified atom stereocenters. The molecule has 1 fully saturated rings. The van der Waals surface area contributed by atoms with E-state index in [-0.39, 0.29) is 11.8 Å². The van der Waals surface area contributed by atoms with Crippen molar-refractivity contribution in [3.05, 3.63) is 58.9 Å². The zero-order chi connectivity index (χ0) is 19.7. The lowest BCUT2D eigenvalue weighted by molar-refractivity contribution is -0.117. The summed E-state index contributed by atoms with van der Waals surface area (Å²) in [5.41, 5.74) is 2.88. The number of aryl methyl sites for hydroxylation is 1. The Kier molecular flexibility index (Phi) is 5.05. The molecule has 0 N–H and O–H groups in total. The minimum Gasteiger partial charge on any atom is -0.495 e. The summed E-state index contributed by atoms with van der Waals surface area (Å²) in [5, 5.41) is 4.56. The molecule has 3 aromatic rings. The fourth-order valence-electron chi connectivity index (χ4n) is 3.35. The monoisotopic (exact) mass is 397 g/mol. The van der Waals surface area contributed by atoms with Crippen LogP contribution in [-0.2, 0) is 11.2 Å². The number of nitrogens with zero attached hydrogens (tertiary/aromatic N) is 3. The van der Waals surface area contributed by atoms with Gasteiger partial charge in [0.1, 0.15) is 5.75 Å². The molecule has 2 aromatic carbocycles. The van der Waals surface area contributed by atoms with Gasteiger partial charge in [0.05, 0.1) is 18.1 Å². The smallest absolute Gasteiger partial charge is 0.232 e. The van der Waals surface area contributed by atoms with Crippen molar-refractivity contribution in [3.8, 4) is 17.1 Å². The number of anilines is 1. The number of hydrogen-bond donors (Lipinski definition) is 0. The van der Waals surface area contributed by atoms with Gasteiger partial charge in [-0.15, -0.1) is 0 Å². The number of carbonyl (C=O) groups excluding carboxylic acids is 1. The largest absolute Gasteiger partial charge is 0.495 e. The fraction of sp³-hybridized carbons (Fsp3) is 0.286. The second-order valence-electron chi connectivity index (χ2n) is 6.73. The lowest BCUT2D eigenvalue weighted by atomic mass is 10.1. The van der Waals surface area contributed by atoms with Crippen LogP contribution in [0, 0.1) is 0 Å². The first kappa shape index (κ1) is 18.5. The normalized spacial score (nSPS) is 16.6. The maximum atomic E-state index is 12.5. The summed E-state index contributed by atoms with van der Waals surface area (Å²) in [4.78, 5) is 18.7. The Morgan fingerprint density at radius 2 is 2.04 bits per heavy atom. The SMILES string of the molecule is CCc1ccc(-c2noc(C3CC(=O)N(c4ccc(OC)c(Cl)c4)C3)n2)cc1. The summed E-state index contributed by atoms with van der Waals surface area (Å²) in [6.07, 6.45) is 1.30. The topological polar surface area (TPSA) is 68.5 Å². The van der Waals surface area contributed by atoms with Gasteiger partial charge >= 0.3 is 0 Å². The van der Waals surface area contributed by atoms with Gasteiger partial charge in [-0.05, 0) is 30.2 Å². The van der Waals surface area contributed by atoms with E-state index in [1.165, 1.54) is 5.56 Å². The highest BCUT2D eigenvalue weighted by Gasteiger charge is 2.35. The highest BCUT2D eigenvalue weighted by molar-refractivity contribution is 6.32. The molecular formula is C21H20ClN3O3. The Hall–Kier alpha value is -2.86. The zero-order valence-electron chi connectivity index (χ0n) is 15.7. The number of methoxy groups -OCH3 is 1. The molecule has 1 atom stereocenters. The average molecular weight is 398 g/mol. The Morgan fingerprint density at radius 1 is 1.25 bits per heavy atom.